The highest BCUT2D eigenvalue weighted by Gasteiger charge is 2.15. The van der Waals surface area contributed by atoms with Gasteiger partial charge in [0.05, 0.1) is 0 Å². The zero-order valence-electron chi connectivity index (χ0n) is 8.67. The quantitative estimate of drug-likeness (QED) is 0.647. The minimum atomic E-state index is 0.413. The molecule has 1 rings (SSSR count). The van der Waals surface area contributed by atoms with Crippen molar-refractivity contribution in [3.05, 3.63) is 0 Å². The second kappa shape index (κ2) is 6.35. The molecule has 0 aromatic rings. The van der Waals surface area contributed by atoms with Crippen molar-refractivity contribution in [3.8, 4) is 0 Å². The van der Waals surface area contributed by atoms with E-state index in [2.05, 4.69) is 4.90 Å². The fraction of sp³-hybridized carbons (Fsp3) is 1.00. The number of hydrogen-bond acceptors (Lipinski definition) is 3. The van der Waals surface area contributed by atoms with E-state index in [1.807, 2.05) is 0 Å². The van der Waals surface area contributed by atoms with E-state index < -0.39 is 0 Å². The minimum absolute atomic E-state index is 0.413. The van der Waals surface area contributed by atoms with Gasteiger partial charge in [-0.3, -0.25) is 0 Å². The minimum Gasteiger partial charge on any atom is -0.385 e. The van der Waals surface area contributed by atoms with E-state index in [0.717, 1.165) is 13.2 Å². The molecule has 2 N–H and O–H groups in total. The number of likely N-dealkylation sites (tertiary alicyclic amines) is 1. The maximum Gasteiger partial charge on any atom is 0.0462 e. The molecule has 0 unspecified atom stereocenters. The summed E-state index contributed by atoms with van der Waals surface area (Å²) in [6, 6.07) is 0.413. The average Bonchev–Trinajstić information content (AvgIpc) is 2.13. The summed E-state index contributed by atoms with van der Waals surface area (Å²) < 4.78 is 5.01. The highest BCUT2D eigenvalue weighted by molar-refractivity contribution is 4.74. The Morgan fingerprint density at radius 3 is 3.00 bits per heavy atom. The van der Waals surface area contributed by atoms with Gasteiger partial charge in [-0.15, -0.1) is 0 Å². The van der Waals surface area contributed by atoms with Gasteiger partial charge in [0.1, 0.15) is 0 Å². The van der Waals surface area contributed by atoms with Crippen LogP contribution in [0.4, 0.5) is 0 Å². The van der Waals surface area contributed by atoms with Crippen molar-refractivity contribution in [2.75, 3.05) is 33.4 Å². The summed E-state index contributed by atoms with van der Waals surface area (Å²) in [7, 11) is 1.76. The molecule has 1 aliphatic rings. The molecule has 0 saturated carbocycles. The molecular formula is C10H22N2O. The Bertz CT molecular complexity index is 130. The van der Waals surface area contributed by atoms with Crippen LogP contribution in [0, 0.1) is 0 Å². The van der Waals surface area contributed by atoms with Crippen LogP contribution < -0.4 is 5.73 Å². The van der Waals surface area contributed by atoms with Crippen molar-refractivity contribution in [1.82, 2.24) is 4.90 Å². The molecule has 13 heavy (non-hydrogen) atoms. The largest absolute Gasteiger partial charge is 0.385 e. The SMILES string of the molecule is COCCCCN1CCC[C@@H](N)C1. The molecule has 3 heteroatoms. The van der Waals surface area contributed by atoms with Gasteiger partial charge in [-0.05, 0) is 38.8 Å². The normalized spacial score (nSPS) is 24.9. The molecule has 0 aromatic carbocycles. The molecule has 0 aliphatic carbocycles. The zero-order valence-corrected chi connectivity index (χ0v) is 8.67. The second-order valence-electron chi connectivity index (χ2n) is 3.90. The van der Waals surface area contributed by atoms with E-state index in [1.54, 1.807) is 7.11 Å². The molecule has 1 fully saturated rings. The van der Waals surface area contributed by atoms with E-state index in [-0.39, 0.29) is 0 Å². The van der Waals surface area contributed by atoms with E-state index in [4.69, 9.17) is 10.5 Å². The van der Waals surface area contributed by atoms with Crippen molar-refractivity contribution in [1.29, 1.82) is 0 Å². The van der Waals surface area contributed by atoms with Crippen LogP contribution in [0.25, 0.3) is 0 Å². The van der Waals surface area contributed by atoms with E-state index in [9.17, 15) is 0 Å². The average molecular weight is 186 g/mol. The Balaban J connectivity index is 2.00. The van der Waals surface area contributed by atoms with Crippen molar-refractivity contribution >= 4 is 0 Å². The van der Waals surface area contributed by atoms with Gasteiger partial charge in [-0.25, -0.2) is 0 Å². The van der Waals surface area contributed by atoms with E-state index in [1.165, 1.54) is 38.8 Å². The molecule has 78 valence electrons. The first-order chi connectivity index (χ1) is 6.33. The lowest BCUT2D eigenvalue weighted by atomic mass is 10.1. The number of hydrogen-bond donors (Lipinski definition) is 1. The molecule has 0 amide bonds. The summed E-state index contributed by atoms with van der Waals surface area (Å²) in [5.74, 6) is 0. The van der Waals surface area contributed by atoms with Crippen molar-refractivity contribution in [2.24, 2.45) is 5.73 Å². The topological polar surface area (TPSA) is 38.5 Å². The van der Waals surface area contributed by atoms with Crippen LogP contribution in [-0.2, 0) is 4.74 Å². The summed E-state index contributed by atoms with van der Waals surface area (Å²) in [4.78, 5) is 2.48. The van der Waals surface area contributed by atoms with Gasteiger partial charge in [0.2, 0.25) is 0 Å². The Morgan fingerprint density at radius 2 is 2.31 bits per heavy atom. The predicted molar refractivity (Wildman–Crippen MR) is 54.8 cm³/mol. The van der Waals surface area contributed by atoms with Crippen molar-refractivity contribution in [2.45, 2.75) is 31.7 Å². The highest BCUT2D eigenvalue weighted by Crippen LogP contribution is 2.08. The van der Waals surface area contributed by atoms with Crippen LogP contribution in [0.5, 0.6) is 0 Å². The molecule has 3 nitrogen and oxygen atoms in total. The third-order valence-electron chi connectivity index (χ3n) is 2.61. The van der Waals surface area contributed by atoms with Crippen molar-refractivity contribution in [3.63, 3.8) is 0 Å². The van der Waals surface area contributed by atoms with Gasteiger partial charge in [0, 0.05) is 26.3 Å². The van der Waals surface area contributed by atoms with Gasteiger partial charge < -0.3 is 15.4 Å². The summed E-state index contributed by atoms with van der Waals surface area (Å²) in [5.41, 5.74) is 5.89. The Kier molecular flexibility index (Phi) is 5.35. The van der Waals surface area contributed by atoms with Gasteiger partial charge in [-0.2, -0.15) is 0 Å². The van der Waals surface area contributed by atoms with Crippen molar-refractivity contribution < 1.29 is 4.74 Å². The first-order valence-corrected chi connectivity index (χ1v) is 5.30. The summed E-state index contributed by atoms with van der Waals surface area (Å²) >= 11 is 0. The standard InChI is InChI=1S/C10H22N2O/c1-13-8-3-2-6-12-7-4-5-10(11)9-12/h10H,2-9,11H2,1H3/t10-/m1/s1. The number of unbranched alkanes of at least 4 members (excludes halogenated alkanes) is 1. The first-order valence-electron chi connectivity index (χ1n) is 5.30. The number of methoxy groups -OCH3 is 1. The maximum absolute atomic E-state index is 5.89. The van der Waals surface area contributed by atoms with Crippen LogP contribution in [0.1, 0.15) is 25.7 Å². The fourth-order valence-corrected chi connectivity index (χ4v) is 1.88. The number of nitrogens with zero attached hydrogens (tertiary/aromatic N) is 1. The molecule has 0 radical (unpaired) electrons. The first kappa shape index (κ1) is 11.0. The third kappa shape index (κ3) is 4.60. The smallest absolute Gasteiger partial charge is 0.0462 e. The van der Waals surface area contributed by atoms with Gasteiger partial charge in [0.15, 0.2) is 0 Å². The summed E-state index contributed by atoms with van der Waals surface area (Å²) in [5, 5.41) is 0. The van der Waals surface area contributed by atoms with E-state index in [0.29, 0.717) is 6.04 Å². The number of piperidine rings is 1. The Hall–Kier alpha value is -0.120. The molecule has 0 bridgehead atoms. The van der Waals surface area contributed by atoms with Crippen LogP contribution in [-0.4, -0.2) is 44.3 Å². The van der Waals surface area contributed by atoms with Crippen LogP contribution >= 0.6 is 0 Å². The lowest BCUT2D eigenvalue weighted by Gasteiger charge is -2.30. The van der Waals surface area contributed by atoms with Crippen LogP contribution in [0.2, 0.25) is 0 Å². The van der Waals surface area contributed by atoms with Gasteiger partial charge in [0.25, 0.3) is 0 Å². The lowest BCUT2D eigenvalue weighted by Crippen LogP contribution is -2.43. The fourth-order valence-electron chi connectivity index (χ4n) is 1.88. The molecule has 0 spiro atoms. The van der Waals surface area contributed by atoms with Gasteiger partial charge >= 0.3 is 0 Å². The predicted octanol–water partition coefficient (Wildman–Crippen LogP) is 0.836. The summed E-state index contributed by atoms with van der Waals surface area (Å²) in [6.45, 7) is 4.41. The molecule has 1 heterocycles. The highest BCUT2D eigenvalue weighted by atomic mass is 16.5. The summed E-state index contributed by atoms with van der Waals surface area (Å²) in [6.07, 6.45) is 4.88. The Morgan fingerprint density at radius 1 is 1.46 bits per heavy atom. The van der Waals surface area contributed by atoms with E-state index >= 15 is 0 Å². The molecule has 1 aliphatic heterocycles. The van der Waals surface area contributed by atoms with Crippen LogP contribution in [0.3, 0.4) is 0 Å². The molecule has 0 aromatic heterocycles. The van der Waals surface area contributed by atoms with Crippen LogP contribution in [0.15, 0.2) is 0 Å². The molecular weight excluding hydrogens is 164 g/mol. The maximum atomic E-state index is 5.89. The second-order valence-corrected chi connectivity index (χ2v) is 3.90. The number of ether oxygens (including phenoxy) is 1. The lowest BCUT2D eigenvalue weighted by molar-refractivity contribution is 0.172. The molecule has 1 saturated heterocycles. The number of nitrogens with two attached hydrogens (primary N) is 1. The molecule has 1 atom stereocenters. The Labute approximate surface area is 81.2 Å². The zero-order chi connectivity index (χ0) is 9.52. The third-order valence-corrected chi connectivity index (χ3v) is 2.61. The van der Waals surface area contributed by atoms with Gasteiger partial charge in [-0.1, -0.05) is 0 Å². The monoisotopic (exact) mass is 186 g/mol. The number of rotatable bonds is 5.